The SMILES string of the molecule is CCc1cc2c(N3CC(C)CCC3C)nc(NC)nc2s1. The van der Waals surface area contributed by atoms with Gasteiger partial charge in [0.15, 0.2) is 0 Å². The molecule has 2 atom stereocenters. The first-order valence-electron chi connectivity index (χ1n) is 7.87. The van der Waals surface area contributed by atoms with Gasteiger partial charge in [0.05, 0.1) is 5.39 Å². The fourth-order valence-electron chi connectivity index (χ4n) is 3.05. The Morgan fingerprint density at radius 3 is 2.86 bits per heavy atom. The molecule has 2 unspecified atom stereocenters. The summed E-state index contributed by atoms with van der Waals surface area (Å²) in [6, 6.07) is 2.83. The van der Waals surface area contributed by atoms with Gasteiger partial charge in [-0.2, -0.15) is 4.98 Å². The number of hydrogen-bond acceptors (Lipinski definition) is 5. The molecule has 0 spiro atoms. The van der Waals surface area contributed by atoms with Crippen LogP contribution in [0.15, 0.2) is 6.07 Å². The molecule has 1 aliphatic heterocycles. The number of rotatable bonds is 3. The van der Waals surface area contributed by atoms with Crippen LogP contribution < -0.4 is 10.2 Å². The number of nitrogens with one attached hydrogen (secondary N) is 1. The molecule has 0 amide bonds. The van der Waals surface area contributed by atoms with Gasteiger partial charge in [-0.25, -0.2) is 4.98 Å². The molecule has 0 aromatic carbocycles. The zero-order valence-corrected chi connectivity index (χ0v) is 14.1. The van der Waals surface area contributed by atoms with E-state index in [2.05, 4.69) is 42.0 Å². The van der Waals surface area contributed by atoms with Crippen molar-refractivity contribution in [2.24, 2.45) is 5.92 Å². The van der Waals surface area contributed by atoms with E-state index in [-0.39, 0.29) is 0 Å². The third kappa shape index (κ3) is 2.71. The molecule has 4 nitrogen and oxygen atoms in total. The van der Waals surface area contributed by atoms with E-state index in [1.54, 1.807) is 11.3 Å². The van der Waals surface area contributed by atoms with E-state index < -0.39 is 0 Å². The van der Waals surface area contributed by atoms with Gasteiger partial charge in [0.2, 0.25) is 5.95 Å². The third-order valence-electron chi connectivity index (χ3n) is 4.39. The van der Waals surface area contributed by atoms with Crippen LogP contribution in [0.2, 0.25) is 0 Å². The molecule has 1 saturated heterocycles. The van der Waals surface area contributed by atoms with Crippen molar-refractivity contribution >= 4 is 33.3 Å². The lowest BCUT2D eigenvalue weighted by molar-refractivity contribution is 0.389. The molecule has 0 bridgehead atoms. The highest BCUT2D eigenvalue weighted by molar-refractivity contribution is 7.18. The van der Waals surface area contributed by atoms with Crippen LogP contribution in [0.4, 0.5) is 11.8 Å². The normalized spacial score (nSPS) is 22.8. The molecule has 114 valence electrons. The van der Waals surface area contributed by atoms with Crippen LogP contribution in [0, 0.1) is 5.92 Å². The Kier molecular flexibility index (Phi) is 4.02. The first-order chi connectivity index (χ1) is 10.1. The Balaban J connectivity index is 2.12. The summed E-state index contributed by atoms with van der Waals surface area (Å²) in [6.07, 6.45) is 3.61. The maximum Gasteiger partial charge on any atom is 0.225 e. The minimum atomic E-state index is 0.550. The minimum Gasteiger partial charge on any atom is -0.357 e. The molecule has 0 radical (unpaired) electrons. The van der Waals surface area contributed by atoms with Gasteiger partial charge >= 0.3 is 0 Å². The highest BCUT2D eigenvalue weighted by Crippen LogP contribution is 2.35. The minimum absolute atomic E-state index is 0.550. The molecular formula is C16H24N4S. The lowest BCUT2D eigenvalue weighted by Gasteiger charge is -2.38. The summed E-state index contributed by atoms with van der Waals surface area (Å²) in [5, 5.41) is 4.33. The highest BCUT2D eigenvalue weighted by atomic mass is 32.1. The molecule has 5 heteroatoms. The lowest BCUT2D eigenvalue weighted by Crippen LogP contribution is -2.41. The van der Waals surface area contributed by atoms with Gasteiger partial charge in [-0.15, -0.1) is 11.3 Å². The Hall–Kier alpha value is -1.36. The van der Waals surface area contributed by atoms with Crippen molar-refractivity contribution in [3.8, 4) is 0 Å². The Morgan fingerprint density at radius 1 is 1.33 bits per heavy atom. The Bertz CT molecular complexity index is 636. The standard InChI is InChI=1S/C16H24N4S/c1-5-12-8-13-14(18-16(17-4)19-15(13)21-12)20-9-10(2)6-7-11(20)3/h8,10-11H,5-7,9H2,1-4H3,(H,17,18,19). The maximum atomic E-state index is 4.79. The average molecular weight is 304 g/mol. The Labute approximate surface area is 130 Å². The van der Waals surface area contributed by atoms with Gasteiger partial charge in [-0.3, -0.25) is 0 Å². The number of aryl methyl sites for hydroxylation is 1. The van der Waals surface area contributed by atoms with Crippen LogP contribution in [-0.2, 0) is 6.42 Å². The monoisotopic (exact) mass is 304 g/mol. The number of anilines is 2. The summed E-state index contributed by atoms with van der Waals surface area (Å²) < 4.78 is 0. The molecule has 3 heterocycles. The largest absolute Gasteiger partial charge is 0.357 e. The number of piperidine rings is 1. The van der Waals surface area contributed by atoms with Crippen molar-refractivity contribution in [2.75, 3.05) is 23.8 Å². The van der Waals surface area contributed by atoms with Gasteiger partial charge in [-0.05, 0) is 38.2 Å². The molecule has 0 saturated carbocycles. The molecule has 3 rings (SSSR count). The topological polar surface area (TPSA) is 41.1 Å². The van der Waals surface area contributed by atoms with Crippen molar-refractivity contribution in [3.05, 3.63) is 10.9 Å². The number of hydrogen-bond donors (Lipinski definition) is 1. The summed E-state index contributed by atoms with van der Waals surface area (Å²) in [6.45, 7) is 7.93. The van der Waals surface area contributed by atoms with Crippen LogP contribution in [0.1, 0.15) is 38.5 Å². The second kappa shape index (κ2) is 5.79. The molecule has 1 fully saturated rings. The first-order valence-corrected chi connectivity index (χ1v) is 8.68. The van der Waals surface area contributed by atoms with Gasteiger partial charge in [0, 0.05) is 24.5 Å². The molecule has 1 aliphatic rings. The maximum absolute atomic E-state index is 4.79. The quantitative estimate of drug-likeness (QED) is 0.933. The van der Waals surface area contributed by atoms with E-state index in [0.29, 0.717) is 6.04 Å². The van der Waals surface area contributed by atoms with Crippen LogP contribution >= 0.6 is 11.3 Å². The summed E-state index contributed by atoms with van der Waals surface area (Å²) >= 11 is 1.79. The molecule has 2 aromatic rings. The predicted octanol–water partition coefficient (Wildman–Crippen LogP) is 3.92. The van der Waals surface area contributed by atoms with E-state index >= 15 is 0 Å². The zero-order valence-electron chi connectivity index (χ0n) is 13.3. The van der Waals surface area contributed by atoms with Gasteiger partial charge in [0.25, 0.3) is 0 Å². The summed E-state index contributed by atoms with van der Waals surface area (Å²) in [7, 11) is 1.89. The fraction of sp³-hybridized carbons (Fsp3) is 0.625. The second-order valence-corrected chi connectivity index (χ2v) is 7.21. The zero-order chi connectivity index (χ0) is 15.0. The van der Waals surface area contributed by atoms with E-state index in [9.17, 15) is 0 Å². The van der Waals surface area contributed by atoms with E-state index in [1.807, 2.05) is 7.05 Å². The summed E-state index contributed by atoms with van der Waals surface area (Å²) in [5.41, 5.74) is 0. The van der Waals surface area contributed by atoms with E-state index in [0.717, 1.165) is 35.5 Å². The predicted molar refractivity (Wildman–Crippen MR) is 91.5 cm³/mol. The van der Waals surface area contributed by atoms with Crippen molar-refractivity contribution in [1.29, 1.82) is 0 Å². The number of fused-ring (bicyclic) bond motifs is 1. The summed E-state index contributed by atoms with van der Waals surface area (Å²) in [5.74, 6) is 2.57. The molecule has 21 heavy (non-hydrogen) atoms. The smallest absolute Gasteiger partial charge is 0.225 e. The molecule has 2 aromatic heterocycles. The van der Waals surface area contributed by atoms with Gasteiger partial charge in [-0.1, -0.05) is 13.8 Å². The van der Waals surface area contributed by atoms with E-state index in [4.69, 9.17) is 4.98 Å². The van der Waals surface area contributed by atoms with Crippen molar-refractivity contribution < 1.29 is 0 Å². The lowest BCUT2D eigenvalue weighted by atomic mass is 9.95. The number of aromatic nitrogens is 2. The second-order valence-electron chi connectivity index (χ2n) is 6.09. The van der Waals surface area contributed by atoms with Crippen molar-refractivity contribution in [2.45, 2.75) is 46.1 Å². The molecular weight excluding hydrogens is 280 g/mol. The van der Waals surface area contributed by atoms with Gasteiger partial charge < -0.3 is 10.2 Å². The van der Waals surface area contributed by atoms with Crippen LogP contribution in [0.25, 0.3) is 10.2 Å². The van der Waals surface area contributed by atoms with Crippen LogP contribution in [0.3, 0.4) is 0 Å². The molecule has 0 aliphatic carbocycles. The molecule has 1 N–H and O–H groups in total. The van der Waals surface area contributed by atoms with E-state index in [1.165, 1.54) is 23.1 Å². The van der Waals surface area contributed by atoms with Gasteiger partial charge in [0.1, 0.15) is 10.6 Å². The fourth-order valence-corrected chi connectivity index (χ4v) is 4.01. The van der Waals surface area contributed by atoms with Crippen LogP contribution in [-0.4, -0.2) is 29.6 Å². The average Bonchev–Trinajstić information content (AvgIpc) is 2.91. The third-order valence-corrected chi connectivity index (χ3v) is 5.56. The number of thiophene rings is 1. The summed E-state index contributed by atoms with van der Waals surface area (Å²) in [4.78, 5) is 14.4. The highest BCUT2D eigenvalue weighted by Gasteiger charge is 2.26. The number of nitrogens with zero attached hydrogens (tertiary/aromatic N) is 3. The van der Waals surface area contributed by atoms with Crippen molar-refractivity contribution in [3.63, 3.8) is 0 Å². The van der Waals surface area contributed by atoms with Crippen molar-refractivity contribution in [1.82, 2.24) is 9.97 Å². The Morgan fingerprint density at radius 2 is 2.14 bits per heavy atom. The van der Waals surface area contributed by atoms with Crippen LogP contribution in [0.5, 0.6) is 0 Å². The first kappa shape index (κ1) is 14.6.